The molecule has 0 radical (unpaired) electrons. The summed E-state index contributed by atoms with van der Waals surface area (Å²) in [6, 6.07) is 8.26. The quantitative estimate of drug-likeness (QED) is 0.421. The molecular weight excluding hydrogens is 421 g/mol. The number of fused-ring (bicyclic) bond motifs is 1. The number of nitrogens with zero attached hydrogens (tertiary/aromatic N) is 1. The summed E-state index contributed by atoms with van der Waals surface area (Å²) in [6.07, 6.45) is -2.47. The Morgan fingerprint density at radius 1 is 1.22 bits per heavy atom. The molecular formula is C24H27F3N2O3. The van der Waals surface area contributed by atoms with Gasteiger partial charge >= 0.3 is 6.18 Å². The number of halogens is 3. The molecule has 3 N–H and O–H groups in total. The number of phenols is 1. The molecule has 8 heteroatoms. The number of aryl methyl sites for hydroxylation is 1. The van der Waals surface area contributed by atoms with E-state index in [0.717, 1.165) is 31.5 Å². The maximum absolute atomic E-state index is 13.1. The standard InChI is InChI=1S/C24H27F3N2O3/c1-14-6-3-4-11-29(14)13-18-19(30)9-10-20-22(18)21(15(2)32-20)23(31)28-17-8-5-7-16(12-17)24(25,26)27/h5,7-10,12,14,23,28,30-31H,3-4,6,11,13H2,1-2H3/t14-,23?/m1/s1. The lowest BCUT2D eigenvalue weighted by atomic mass is 9.98. The van der Waals surface area contributed by atoms with Gasteiger partial charge in [0.05, 0.1) is 11.1 Å². The molecule has 1 unspecified atom stereocenters. The van der Waals surface area contributed by atoms with Crippen LogP contribution in [0, 0.1) is 6.92 Å². The fourth-order valence-electron chi connectivity index (χ4n) is 4.49. The Morgan fingerprint density at radius 2 is 2.00 bits per heavy atom. The van der Waals surface area contributed by atoms with Crippen LogP contribution < -0.4 is 5.32 Å². The Hall–Kier alpha value is -2.71. The van der Waals surface area contributed by atoms with Crippen LogP contribution in [0.3, 0.4) is 0 Å². The lowest BCUT2D eigenvalue weighted by Crippen LogP contribution is -2.36. The van der Waals surface area contributed by atoms with Gasteiger partial charge in [0.1, 0.15) is 17.1 Å². The Balaban J connectivity index is 1.71. The number of piperidine rings is 1. The SMILES string of the molecule is Cc1oc2ccc(O)c(CN3CCCC[C@H]3C)c2c1C(O)Nc1cccc(C(F)(F)F)c1. The summed E-state index contributed by atoms with van der Waals surface area (Å²) >= 11 is 0. The van der Waals surface area contributed by atoms with Crippen molar-refractivity contribution in [3.8, 4) is 5.75 Å². The van der Waals surface area contributed by atoms with E-state index in [9.17, 15) is 23.4 Å². The minimum Gasteiger partial charge on any atom is -0.508 e. The second kappa shape index (κ2) is 8.67. The molecule has 2 aromatic carbocycles. The van der Waals surface area contributed by atoms with Crippen molar-refractivity contribution in [1.82, 2.24) is 4.90 Å². The summed E-state index contributed by atoms with van der Waals surface area (Å²) in [7, 11) is 0. The van der Waals surface area contributed by atoms with Gasteiger partial charge in [-0.1, -0.05) is 12.5 Å². The van der Waals surface area contributed by atoms with Gasteiger partial charge in [-0.15, -0.1) is 0 Å². The molecule has 1 aliphatic rings. The zero-order valence-corrected chi connectivity index (χ0v) is 18.0. The fourth-order valence-corrected chi connectivity index (χ4v) is 4.49. The highest BCUT2D eigenvalue weighted by Gasteiger charge is 2.31. The second-order valence-corrected chi connectivity index (χ2v) is 8.45. The van der Waals surface area contributed by atoms with Gasteiger partial charge < -0.3 is 19.9 Å². The average molecular weight is 448 g/mol. The van der Waals surface area contributed by atoms with Gasteiger partial charge in [-0.2, -0.15) is 13.2 Å². The van der Waals surface area contributed by atoms with Gasteiger partial charge in [0.25, 0.3) is 0 Å². The van der Waals surface area contributed by atoms with E-state index in [0.29, 0.717) is 40.4 Å². The van der Waals surface area contributed by atoms with E-state index < -0.39 is 18.0 Å². The number of nitrogens with one attached hydrogen (secondary N) is 1. The number of furan rings is 1. The Labute approximate surface area is 184 Å². The molecule has 0 saturated carbocycles. The van der Waals surface area contributed by atoms with E-state index in [4.69, 9.17) is 4.42 Å². The molecule has 4 rings (SSSR count). The Bertz CT molecular complexity index is 1110. The van der Waals surface area contributed by atoms with Gasteiger partial charge in [-0.3, -0.25) is 4.90 Å². The summed E-state index contributed by atoms with van der Waals surface area (Å²) < 4.78 is 45.0. The van der Waals surface area contributed by atoms with E-state index >= 15 is 0 Å². The van der Waals surface area contributed by atoms with Gasteiger partial charge in [0.2, 0.25) is 0 Å². The molecule has 0 bridgehead atoms. The molecule has 32 heavy (non-hydrogen) atoms. The van der Waals surface area contributed by atoms with E-state index in [1.807, 2.05) is 0 Å². The number of alkyl halides is 3. The zero-order chi connectivity index (χ0) is 23.0. The van der Waals surface area contributed by atoms with Crippen molar-refractivity contribution < 1.29 is 27.8 Å². The molecule has 172 valence electrons. The molecule has 0 amide bonds. The summed E-state index contributed by atoms with van der Waals surface area (Å²) in [5.74, 6) is 0.536. The van der Waals surface area contributed by atoms with Crippen molar-refractivity contribution in [3.63, 3.8) is 0 Å². The highest BCUT2D eigenvalue weighted by molar-refractivity contribution is 5.88. The van der Waals surface area contributed by atoms with E-state index in [-0.39, 0.29) is 11.4 Å². The maximum Gasteiger partial charge on any atom is 0.416 e. The lowest BCUT2D eigenvalue weighted by molar-refractivity contribution is -0.137. The molecule has 1 fully saturated rings. The van der Waals surface area contributed by atoms with Crippen LogP contribution >= 0.6 is 0 Å². The van der Waals surface area contributed by atoms with Crippen LogP contribution in [0.2, 0.25) is 0 Å². The zero-order valence-electron chi connectivity index (χ0n) is 18.0. The van der Waals surface area contributed by atoms with Crippen LogP contribution in [-0.2, 0) is 12.7 Å². The first-order valence-electron chi connectivity index (χ1n) is 10.7. The highest BCUT2D eigenvalue weighted by atomic mass is 19.4. The van der Waals surface area contributed by atoms with Crippen LogP contribution in [0.4, 0.5) is 18.9 Å². The first-order chi connectivity index (χ1) is 15.1. The number of hydrogen-bond acceptors (Lipinski definition) is 5. The summed E-state index contributed by atoms with van der Waals surface area (Å²) in [6.45, 7) is 5.25. The largest absolute Gasteiger partial charge is 0.508 e. The normalized spacial score (nSPS) is 18.8. The van der Waals surface area contributed by atoms with Gasteiger partial charge in [0.15, 0.2) is 6.23 Å². The molecule has 1 aromatic heterocycles. The third-order valence-corrected chi connectivity index (χ3v) is 6.23. The summed E-state index contributed by atoms with van der Waals surface area (Å²) in [4.78, 5) is 2.29. The van der Waals surface area contributed by atoms with Crippen molar-refractivity contribution in [2.75, 3.05) is 11.9 Å². The third kappa shape index (κ3) is 4.42. The fraction of sp³-hybridized carbons (Fsp3) is 0.417. The van der Waals surface area contributed by atoms with Crippen molar-refractivity contribution in [2.24, 2.45) is 0 Å². The van der Waals surface area contributed by atoms with Crippen LogP contribution in [-0.4, -0.2) is 27.7 Å². The van der Waals surface area contributed by atoms with Crippen LogP contribution in [0.15, 0.2) is 40.8 Å². The number of rotatable bonds is 5. The maximum atomic E-state index is 13.1. The molecule has 0 spiro atoms. The molecule has 5 nitrogen and oxygen atoms in total. The predicted octanol–water partition coefficient (Wildman–Crippen LogP) is 5.94. The number of hydrogen-bond donors (Lipinski definition) is 3. The molecule has 2 heterocycles. The van der Waals surface area contributed by atoms with Crippen molar-refractivity contribution in [3.05, 3.63) is 58.8 Å². The number of anilines is 1. The smallest absolute Gasteiger partial charge is 0.416 e. The Kier molecular flexibility index (Phi) is 6.09. The van der Waals surface area contributed by atoms with Gasteiger partial charge in [0, 0.05) is 29.2 Å². The van der Waals surface area contributed by atoms with Crippen molar-refractivity contribution >= 4 is 16.7 Å². The van der Waals surface area contributed by atoms with E-state index in [1.165, 1.54) is 18.6 Å². The minimum absolute atomic E-state index is 0.101. The van der Waals surface area contributed by atoms with E-state index in [1.54, 1.807) is 19.1 Å². The Morgan fingerprint density at radius 3 is 2.72 bits per heavy atom. The number of aliphatic hydroxyl groups is 1. The number of aliphatic hydroxyl groups excluding tert-OH is 1. The number of phenolic OH excluding ortho intramolecular Hbond substituents is 1. The predicted molar refractivity (Wildman–Crippen MR) is 116 cm³/mol. The first kappa shape index (κ1) is 22.5. The molecule has 1 saturated heterocycles. The number of aromatic hydroxyl groups is 1. The monoisotopic (exact) mass is 448 g/mol. The van der Waals surface area contributed by atoms with Crippen LogP contribution in [0.5, 0.6) is 5.75 Å². The van der Waals surface area contributed by atoms with Crippen molar-refractivity contribution in [2.45, 2.75) is 58.1 Å². The average Bonchev–Trinajstić information content (AvgIpc) is 3.07. The molecule has 3 aromatic rings. The molecule has 2 atom stereocenters. The molecule has 1 aliphatic heterocycles. The van der Waals surface area contributed by atoms with Crippen LogP contribution in [0.1, 0.15) is 54.9 Å². The van der Waals surface area contributed by atoms with E-state index in [2.05, 4.69) is 17.1 Å². The van der Waals surface area contributed by atoms with Gasteiger partial charge in [-0.25, -0.2) is 0 Å². The third-order valence-electron chi connectivity index (χ3n) is 6.23. The first-order valence-corrected chi connectivity index (χ1v) is 10.7. The van der Waals surface area contributed by atoms with Gasteiger partial charge in [-0.05, 0) is 63.6 Å². The highest BCUT2D eigenvalue weighted by Crippen LogP contribution is 2.39. The minimum atomic E-state index is -4.48. The summed E-state index contributed by atoms with van der Waals surface area (Å²) in [5, 5.41) is 25.0. The number of likely N-dealkylation sites (tertiary alicyclic amines) is 1. The van der Waals surface area contributed by atoms with Crippen molar-refractivity contribution in [1.29, 1.82) is 0 Å². The lowest BCUT2D eigenvalue weighted by Gasteiger charge is -2.33. The molecule has 0 aliphatic carbocycles. The summed E-state index contributed by atoms with van der Waals surface area (Å²) in [5.41, 5.74) is 0.897. The van der Waals surface area contributed by atoms with Crippen LogP contribution in [0.25, 0.3) is 11.0 Å². The number of benzene rings is 2. The topological polar surface area (TPSA) is 68.9 Å². The second-order valence-electron chi connectivity index (χ2n) is 8.45.